The number of hydrogen-bond donors (Lipinski definition) is 1. The normalized spacial score (nSPS) is 11.5. The molecule has 0 atom stereocenters. The number of ether oxygens (including phenoxy) is 1. The quantitative estimate of drug-likeness (QED) is 0.0489. The second kappa shape index (κ2) is 54.1. The Morgan fingerprint density at radius 2 is 0.450 bits per heavy atom. The Morgan fingerprint density at radius 3 is 0.667 bits per heavy atom. The number of hydrogen-bond acceptors (Lipinski definition) is 3. The summed E-state index contributed by atoms with van der Waals surface area (Å²) in [5.74, 6) is -0.630. The molecule has 0 radical (unpaired) electrons. The SMILES string of the molecule is CCCCCCCCCCCCCCCCCCCCCCCCCCCCOC(=O)CCCCCCCCCCCCCCCCCCCCCCCCCCC(=O)O. The third-order valence-corrected chi connectivity index (χ3v) is 13.3. The highest BCUT2D eigenvalue weighted by Gasteiger charge is 2.04. The summed E-state index contributed by atoms with van der Waals surface area (Å²) in [5.41, 5.74) is 0. The van der Waals surface area contributed by atoms with Crippen molar-refractivity contribution in [3.8, 4) is 0 Å². The monoisotopic (exact) mass is 847 g/mol. The van der Waals surface area contributed by atoms with Crippen molar-refractivity contribution in [1.82, 2.24) is 0 Å². The van der Waals surface area contributed by atoms with Crippen LogP contribution in [-0.2, 0) is 14.3 Å². The van der Waals surface area contributed by atoms with E-state index in [1.54, 1.807) is 0 Å². The van der Waals surface area contributed by atoms with Crippen molar-refractivity contribution >= 4 is 11.9 Å². The molecule has 4 heteroatoms. The summed E-state index contributed by atoms with van der Waals surface area (Å²) in [6.07, 6.45) is 69.2. The lowest BCUT2D eigenvalue weighted by atomic mass is 10.0. The fraction of sp³-hybridized carbons (Fsp3) is 0.964. The minimum atomic E-state index is -0.654. The highest BCUT2D eigenvalue weighted by atomic mass is 16.5. The molecule has 0 aliphatic carbocycles. The molecule has 0 saturated heterocycles. The van der Waals surface area contributed by atoms with Crippen LogP contribution < -0.4 is 0 Å². The molecule has 0 saturated carbocycles. The lowest BCUT2D eigenvalue weighted by molar-refractivity contribution is -0.144. The van der Waals surface area contributed by atoms with Crippen LogP contribution in [-0.4, -0.2) is 23.7 Å². The van der Waals surface area contributed by atoms with Crippen molar-refractivity contribution in [3.63, 3.8) is 0 Å². The van der Waals surface area contributed by atoms with Crippen molar-refractivity contribution in [3.05, 3.63) is 0 Å². The van der Waals surface area contributed by atoms with Crippen LogP contribution >= 0.6 is 0 Å². The van der Waals surface area contributed by atoms with E-state index >= 15 is 0 Å². The molecule has 0 heterocycles. The molecule has 0 aromatic carbocycles. The molecule has 4 nitrogen and oxygen atoms in total. The molecule has 0 bridgehead atoms. The first-order chi connectivity index (χ1) is 29.7. The lowest BCUT2D eigenvalue weighted by Crippen LogP contribution is -2.05. The van der Waals surface area contributed by atoms with E-state index in [1.807, 2.05) is 0 Å². The van der Waals surface area contributed by atoms with Crippen LogP contribution in [0.1, 0.15) is 341 Å². The van der Waals surface area contributed by atoms with E-state index in [0.29, 0.717) is 19.4 Å². The summed E-state index contributed by atoms with van der Waals surface area (Å²) < 4.78 is 5.51. The van der Waals surface area contributed by atoms with Gasteiger partial charge in [0.15, 0.2) is 0 Å². The molecular formula is C56H110O4. The third-order valence-electron chi connectivity index (χ3n) is 13.3. The molecule has 0 unspecified atom stereocenters. The number of carboxylic acids is 1. The molecular weight excluding hydrogens is 737 g/mol. The summed E-state index contributed by atoms with van der Waals surface area (Å²) in [6.45, 7) is 2.93. The van der Waals surface area contributed by atoms with Gasteiger partial charge in [0.1, 0.15) is 0 Å². The summed E-state index contributed by atoms with van der Waals surface area (Å²) in [4.78, 5) is 22.6. The first kappa shape index (κ1) is 58.9. The van der Waals surface area contributed by atoms with E-state index in [9.17, 15) is 9.59 Å². The minimum absolute atomic E-state index is 0.0247. The zero-order valence-corrected chi connectivity index (χ0v) is 41.1. The summed E-state index contributed by atoms with van der Waals surface area (Å²) in [7, 11) is 0. The van der Waals surface area contributed by atoms with Gasteiger partial charge in [-0.1, -0.05) is 309 Å². The summed E-state index contributed by atoms with van der Waals surface area (Å²) >= 11 is 0. The Labute approximate surface area is 377 Å². The molecule has 0 aliphatic rings. The second-order valence-corrected chi connectivity index (χ2v) is 19.4. The first-order valence-electron chi connectivity index (χ1n) is 28.0. The first-order valence-corrected chi connectivity index (χ1v) is 28.0. The molecule has 0 aromatic rings. The van der Waals surface area contributed by atoms with E-state index < -0.39 is 5.97 Å². The molecule has 358 valence electrons. The Morgan fingerprint density at radius 1 is 0.267 bits per heavy atom. The Balaban J connectivity index is 3.15. The zero-order chi connectivity index (χ0) is 43.3. The Kier molecular flexibility index (Phi) is 53.1. The van der Waals surface area contributed by atoms with E-state index in [0.717, 1.165) is 25.7 Å². The Bertz CT molecular complexity index is 811. The molecule has 60 heavy (non-hydrogen) atoms. The fourth-order valence-corrected chi connectivity index (χ4v) is 9.11. The van der Waals surface area contributed by atoms with Crippen LogP contribution in [0, 0.1) is 0 Å². The van der Waals surface area contributed by atoms with Crippen molar-refractivity contribution in [1.29, 1.82) is 0 Å². The van der Waals surface area contributed by atoms with Gasteiger partial charge in [-0.3, -0.25) is 9.59 Å². The highest BCUT2D eigenvalue weighted by Crippen LogP contribution is 2.18. The van der Waals surface area contributed by atoms with Crippen LogP contribution in [0.2, 0.25) is 0 Å². The van der Waals surface area contributed by atoms with Gasteiger partial charge in [0.05, 0.1) is 6.61 Å². The van der Waals surface area contributed by atoms with E-state index in [4.69, 9.17) is 9.84 Å². The number of carboxylic acid groups (broad SMARTS) is 1. The standard InChI is InChI=1S/C56H110O4/c1-2-3-4-5-6-7-8-9-10-11-12-13-14-15-18-21-24-27-30-33-36-39-42-45-48-51-54-60-56(59)53-50-47-44-41-38-35-32-29-26-23-20-17-16-19-22-25-28-31-34-37-40-43-46-49-52-55(57)58/h2-54H2,1H3,(H,57,58). The van der Waals surface area contributed by atoms with E-state index in [2.05, 4.69) is 6.92 Å². The predicted molar refractivity (Wildman–Crippen MR) is 264 cm³/mol. The number of unbranched alkanes of at least 4 members (excludes halogenated alkanes) is 48. The molecule has 0 aromatic heterocycles. The van der Waals surface area contributed by atoms with E-state index in [-0.39, 0.29) is 5.97 Å². The summed E-state index contributed by atoms with van der Waals surface area (Å²) in [6, 6.07) is 0. The fourth-order valence-electron chi connectivity index (χ4n) is 9.11. The van der Waals surface area contributed by atoms with Crippen LogP contribution in [0.25, 0.3) is 0 Å². The van der Waals surface area contributed by atoms with Crippen LogP contribution in [0.5, 0.6) is 0 Å². The maximum absolute atomic E-state index is 12.1. The number of carbonyl (C=O) groups is 2. The van der Waals surface area contributed by atoms with Crippen molar-refractivity contribution < 1.29 is 19.4 Å². The minimum Gasteiger partial charge on any atom is -0.481 e. The average molecular weight is 847 g/mol. The smallest absolute Gasteiger partial charge is 0.305 e. The van der Waals surface area contributed by atoms with Gasteiger partial charge in [0.25, 0.3) is 0 Å². The number of aliphatic carboxylic acids is 1. The molecule has 0 fully saturated rings. The summed E-state index contributed by atoms with van der Waals surface area (Å²) in [5, 5.41) is 8.67. The number of carbonyl (C=O) groups excluding carboxylic acids is 1. The van der Waals surface area contributed by atoms with Crippen molar-refractivity contribution in [2.45, 2.75) is 341 Å². The largest absolute Gasteiger partial charge is 0.481 e. The van der Waals surface area contributed by atoms with Crippen LogP contribution in [0.3, 0.4) is 0 Å². The number of rotatable bonds is 54. The predicted octanol–water partition coefficient (Wildman–Crippen LogP) is 19.9. The van der Waals surface area contributed by atoms with Gasteiger partial charge in [-0.25, -0.2) is 0 Å². The van der Waals surface area contributed by atoms with Gasteiger partial charge in [-0.15, -0.1) is 0 Å². The topological polar surface area (TPSA) is 63.6 Å². The maximum atomic E-state index is 12.1. The van der Waals surface area contributed by atoms with Gasteiger partial charge in [-0.05, 0) is 19.3 Å². The molecule has 0 aliphatic heterocycles. The van der Waals surface area contributed by atoms with Crippen molar-refractivity contribution in [2.75, 3.05) is 6.61 Å². The van der Waals surface area contributed by atoms with E-state index in [1.165, 1.54) is 295 Å². The lowest BCUT2D eigenvalue weighted by Gasteiger charge is -2.06. The van der Waals surface area contributed by atoms with Crippen LogP contribution in [0.15, 0.2) is 0 Å². The number of esters is 1. The van der Waals surface area contributed by atoms with Crippen molar-refractivity contribution in [2.24, 2.45) is 0 Å². The van der Waals surface area contributed by atoms with Gasteiger partial charge < -0.3 is 9.84 Å². The van der Waals surface area contributed by atoms with Gasteiger partial charge in [0.2, 0.25) is 0 Å². The maximum Gasteiger partial charge on any atom is 0.305 e. The van der Waals surface area contributed by atoms with Gasteiger partial charge >= 0.3 is 11.9 Å². The second-order valence-electron chi connectivity index (χ2n) is 19.4. The Hall–Kier alpha value is -1.06. The zero-order valence-electron chi connectivity index (χ0n) is 41.1. The molecule has 0 amide bonds. The molecule has 0 rings (SSSR count). The average Bonchev–Trinajstić information content (AvgIpc) is 3.24. The van der Waals surface area contributed by atoms with Gasteiger partial charge in [-0.2, -0.15) is 0 Å². The highest BCUT2D eigenvalue weighted by molar-refractivity contribution is 5.69. The van der Waals surface area contributed by atoms with Gasteiger partial charge in [0, 0.05) is 12.8 Å². The molecule has 1 N–H and O–H groups in total. The molecule has 0 spiro atoms. The van der Waals surface area contributed by atoms with Crippen LogP contribution in [0.4, 0.5) is 0 Å². The third kappa shape index (κ3) is 55.0.